The molecule has 4 rings (SSSR count). The Morgan fingerprint density at radius 1 is 1.00 bits per heavy atom. The molecular formula is C24H20ClFN2O3S. The summed E-state index contributed by atoms with van der Waals surface area (Å²) in [6.07, 6.45) is 0. The van der Waals surface area contributed by atoms with Crippen molar-refractivity contribution in [3.63, 3.8) is 0 Å². The van der Waals surface area contributed by atoms with Crippen molar-refractivity contribution in [2.45, 2.75) is 18.4 Å². The van der Waals surface area contributed by atoms with E-state index in [1.807, 2.05) is 29.7 Å². The Hall–Kier alpha value is -3.13. The fourth-order valence-corrected chi connectivity index (χ4v) is 4.18. The van der Waals surface area contributed by atoms with E-state index >= 15 is 0 Å². The van der Waals surface area contributed by atoms with Gasteiger partial charge in [0.2, 0.25) is 10.0 Å². The van der Waals surface area contributed by atoms with Crippen LogP contribution in [-0.2, 0) is 16.6 Å². The van der Waals surface area contributed by atoms with Crippen LogP contribution >= 0.6 is 11.6 Å². The van der Waals surface area contributed by atoms with E-state index in [-0.39, 0.29) is 17.3 Å². The Balaban J connectivity index is 1.76. The minimum absolute atomic E-state index is 0.0259. The average molecular weight is 471 g/mol. The van der Waals surface area contributed by atoms with E-state index in [0.29, 0.717) is 16.5 Å². The Labute approximate surface area is 190 Å². The lowest BCUT2D eigenvalue weighted by Gasteiger charge is -2.16. The van der Waals surface area contributed by atoms with Crippen LogP contribution in [0.5, 0.6) is 5.75 Å². The molecule has 0 aliphatic carbocycles. The topological polar surface area (TPSA) is 74.3 Å². The first-order chi connectivity index (χ1) is 15.2. The predicted molar refractivity (Wildman–Crippen MR) is 123 cm³/mol. The van der Waals surface area contributed by atoms with Gasteiger partial charge in [0.25, 0.3) is 0 Å². The summed E-state index contributed by atoms with van der Waals surface area (Å²) in [5.74, 6) is 0.232. The molecule has 0 aliphatic rings. The van der Waals surface area contributed by atoms with Crippen LogP contribution in [0.3, 0.4) is 0 Å². The van der Waals surface area contributed by atoms with Gasteiger partial charge < -0.3 is 9.30 Å². The first-order valence-corrected chi connectivity index (χ1v) is 11.6. The number of ether oxygens (including phenoxy) is 1. The van der Waals surface area contributed by atoms with Gasteiger partial charge in [0.05, 0.1) is 10.6 Å². The fourth-order valence-electron chi connectivity index (χ4n) is 3.46. The molecule has 4 aromatic rings. The number of aromatic nitrogens is 1. The van der Waals surface area contributed by atoms with Gasteiger partial charge >= 0.3 is 0 Å². The lowest BCUT2D eigenvalue weighted by molar-refractivity contribution is 0.307. The lowest BCUT2D eigenvalue weighted by atomic mass is 10.1. The van der Waals surface area contributed by atoms with Crippen molar-refractivity contribution >= 4 is 21.6 Å². The van der Waals surface area contributed by atoms with Gasteiger partial charge in [0.1, 0.15) is 18.2 Å². The number of nitrogens with zero attached hydrogens (tertiary/aromatic N) is 1. The van der Waals surface area contributed by atoms with Crippen LogP contribution in [0.4, 0.5) is 4.39 Å². The molecule has 1 aromatic heterocycles. The highest BCUT2D eigenvalue weighted by atomic mass is 35.5. The smallest absolute Gasteiger partial charge is 0.238 e. The predicted octanol–water partition coefficient (Wildman–Crippen LogP) is 5.47. The van der Waals surface area contributed by atoms with Crippen molar-refractivity contribution < 1.29 is 17.5 Å². The number of hydrogen-bond donors (Lipinski definition) is 1. The zero-order valence-corrected chi connectivity index (χ0v) is 18.7. The van der Waals surface area contributed by atoms with Crippen molar-refractivity contribution in [3.05, 3.63) is 101 Å². The second kappa shape index (κ2) is 8.78. The summed E-state index contributed by atoms with van der Waals surface area (Å²) in [5, 5.41) is 5.82. The maximum atomic E-state index is 13.2. The molecule has 5 nitrogen and oxygen atoms in total. The summed E-state index contributed by atoms with van der Waals surface area (Å²) < 4.78 is 44.8. The van der Waals surface area contributed by atoms with Gasteiger partial charge in [-0.1, -0.05) is 29.8 Å². The van der Waals surface area contributed by atoms with Crippen LogP contribution < -0.4 is 9.88 Å². The summed E-state index contributed by atoms with van der Waals surface area (Å²) in [6.45, 7) is 2.15. The molecule has 2 N–H and O–H groups in total. The van der Waals surface area contributed by atoms with Gasteiger partial charge in [-0.3, -0.25) is 0 Å². The number of hydrogen-bond acceptors (Lipinski definition) is 3. The number of nitrogens with two attached hydrogens (primary N) is 1. The van der Waals surface area contributed by atoms with Gasteiger partial charge in [-0.05, 0) is 73.2 Å². The fraction of sp³-hybridized carbons (Fsp3) is 0.0833. The molecule has 8 heteroatoms. The second-order valence-corrected chi connectivity index (χ2v) is 9.29. The molecule has 0 saturated heterocycles. The third-order valence-electron chi connectivity index (χ3n) is 5.01. The van der Waals surface area contributed by atoms with Crippen LogP contribution in [0, 0.1) is 12.7 Å². The molecule has 0 atom stereocenters. The summed E-state index contributed by atoms with van der Waals surface area (Å²) in [4.78, 5) is 0.0259. The summed E-state index contributed by atoms with van der Waals surface area (Å²) >= 11 is 6.22. The van der Waals surface area contributed by atoms with E-state index in [4.69, 9.17) is 21.5 Å². The van der Waals surface area contributed by atoms with Gasteiger partial charge in [-0.15, -0.1) is 0 Å². The molecule has 164 valence electrons. The van der Waals surface area contributed by atoms with Crippen molar-refractivity contribution in [2.24, 2.45) is 5.14 Å². The third-order valence-corrected chi connectivity index (χ3v) is 6.15. The number of sulfonamides is 1. The average Bonchev–Trinajstić information content (AvgIpc) is 3.14. The number of aryl methyl sites for hydroxylation is 1. The quantitative estimate of drug-likeness (QED) is 0.406. The number of halogens is 2. The van der Waals surface area contributed by atoms with Crippen LogP contribution in [0.2, 0.25) is 5.02 Å². The molecule has 1 heterocycles. The minimum atomic E-state index is -3.85. The normalized spacial score (nSPS) is 11.5. The molecule has 0 unspecified atom stereocenters. The largest absolute Gasteiger partial charge is 0.488 e. The van der Waals surface area contributed by atoms with E-state index in [0.717, 1.165) is 22.5 Å². The lowest BCUT2D eigenvalue weighted by Crippen LogP contribution is -2.12. The summed E-state index contributed by atoms with van der Waals surface area (Å²) in [5.41, 5.74) is 3.91. The van der Waals surface area contributed by atoms with Crippen LogP contribution in [0.15, 0.2) is 83.8 Å². The standard InChI is InChI=1S/C24H20ClFN2O3S/c1-16-5-12-23(28(16)20-3-2-4-21(14-20)32(27,29)30)22-11-8-18(25)13-24(22)31-15-17-6-9-19(26)10-7-17/h2-14H,15H2,1H3,(H2,27,29,30). The van der Waals surface area contributed by atoms with Gasteiger partial charge in [-0.25, -0.2) is 17.9 Å². The molecule has 0 radical (unpaired) electrons. The van der Waals surface area contributed by atoms with E-state index in [9.17, 15) is 12.8 Å². The SMILES string of the molecule is Cc1ccc(-c2ccc(Cl)cc2OCc2ccc(F)cc2)n1-c1cccc(S(N)(=O)=O)c1. The van der Waals surface area contributed by atoms with E-state index in [1.165, 1.54) is 24.3 Å². The van der Waals surface area contributed by atoms with Crippen LogP contribution in [0.1, 0.15) is 11.3 Å². The Morgan fingerprint density at radius 2 is 1.75 bits per heavy atom. The molecule has 0 amide bonds. The Kier molecular flexibility index (Phi) is 6.06. The first kappa shape index (κ1) is 22.1. The summed E-state index contributed by atoms with van der Waals surface area (Å²) in [7, 11) is -3.85. The minimum Gasteiger partial charge on any atom is -0.488 e. The maximum absolute atomic E-state index is 13.2. The second-order valence-electron chi connectivity index (χ2n) is 7.29. The van der Waals surface area contributed by atoms with Gasteiger partial charge in [-0.2, -0.15) is 0 Å². The molecule has 0 fully saturated rings. The molecule has 0 aliphatic heterocycles. The first-order valence-electron chi connectivity index (χ1n) is 9.71. The van der Waals surface area contributed by atoms with E-state index in [2.05, 4.69) is 0 Å². The summed E-state index contributed by atoms with van der Waals surface area (Å²) in [6, 6.07) is 21.7. The van der Waals surface area contributed by atoms with Gasteiger partial charge in [0, 0.05) is 22.0 Å². The van der Waals surface area contributed by atoms with Crippen molar-refractivity contribution in [1.29, 1.82) is 0 Å². The highest BCUT2D eigenvalue weighted by Crippen LogP contribution is 2.36. The number of primary sulfonamides is 1. The molecule has 3 aromatic carbocycles. The number of rotatable bonds is 6. The third kappa shape index (κ3) is 4.70. The van der Waals surface area contributed by atoms with Crippen LogP contribution in [-0.4, -0.2) is 13.0 Å². The van der Waals surface area contributed by atoms with E-state index in [1.54, 1.807) is 36.4 Å². The van der Waals surface area contributed by atoms with Crippen LogP contribution in [0.25, 0.3) is 16.9 Å². The maximum Gasteiger partial charge on any atom is 0.238 e. The van der Waals surface area contributed by atoms with Crippen molar-refractivity contribution in [2.75, 3.05) is 0 Å². The molecule has 0 bridgehead atoms. The zero-order chi connectivity index (χ0) is 22.9. The zero-order valence-electron chi connectivity index (χ0n) is 17.1. The van der Waals surface area contributed by atoms with Crippen molar-refractivity contribution in [3.8, 4) is 22.7 Å². The molecule has 0 saturated carbocycles. The van der Waals surface area contributed by atoms with E-state index < -0.39 is 10.0 Å². The Morgan fingerprint density at radius 3 is 2.47 bits per heavy atom. The molecule has 32 heavy (non-hydrogen) atoms. The monoisotopic (exact) mass is 470 g/mol. The Bertz CT molecular complexity index is 1380. The molecular weight excluding hydrogens is 451 g/mol. The highest BCUT2D eigenvalue weighted by molar-refractivity contribution is 7.89. The highest BCUT2D eigenvalue weighted by Gasteiger charge is 2.16. The van der Waals surface area contributed by atoms with Gasteiger partial charge in [0.15, 0.2) is 0 Å². The van der Waals surface area contributed by atoms with Crippen molar-refractivity contribution in [1.82, 2.24) is 4.57 Å². The number of benzene rings is 3. The molecule has 0 spiro atoms.